The Bertz CT molecular complexity index is 872. The molecule has 0 aliphatic carbocycles. The molecular weight excluding hydrogens is 395 g/mol. The van der Waals surface area contributed by atoms with Gasteiger partial charge in [-0.1, -0.05) is 24.3 Å². The average Bonchev–Trinajstić information content (AvgIpc) is 2.77. The number of hydrogen-bond donors (Lipinski definition) is 3. The Labute approximate surface area is 183 Å². The van der Waals surface area contributed by atoms with Crippen molar-refractivity contribution in [3.05, 3.63) is 71.0 Å². The van der Waals surface area contributed by atoms with Crippen LogP contribution in [0.5, 0.6) is 0 Å². The summed E-state index contributed by atoms with van der Waals surface area (Å²) in [4.78, 5) is 25.7. The molecule has 6 nitrogen and oxygen atoms in total. The molecule has 0 bridgehead atoms. The number of urea groups is 1. The number of carbonyl (C=O) groups is 2. The molecule has 0 radical (unpaired) electrons. The second-order valence-corrected chi connectivity index (χ2v) is 8.17. The van der Waals surface area contributed by atoms with E-state index in [1.165, 1.54) is 30.5 Å². The van der Waals surface area contributed by atoms with Crippen LogP contribution in [0.3, 0.4) is 0 Å². The van der Waals surface area contributed by atoms with E-state index in [2.05, 4.69) is 15.5 Å². The van der Waals surface area contributed by atoms with Gasteiger partial charge >= 0.3 is 6.03 Å². The number of nitrogens with two attached hydrogens (primary N) is 1. The van der Waals surface area contributed by atoms with Gasteiger partial charge in [-0.2, -0.15) is 0 Å². The van der Waals surface area contributed by atoms with Crippen LogP contribution in [0.25, 0.3) is 0 Å². The van der Waals surface area contributed by atoms with Crippen LogP contribution in [0.15, 0.2) is 48.5 Å². The number of benzene rings is 2. The highest BCUT2D eigenvalue weighted by molar-refractivity contribution is 5.92. The van der Waals surface area contributed by atoms with Gasteiger partial charge in [-0.05, 0) is 80.1 Å². The van der Waals surface area contributed by atoms with Crippen molar-refractivity contribution in [3.63, 3.8) is 0 Å². The fourth-order valence-corrected chi connectivity index (χ4v) is 4.06. The molecule has 3 amide bonds. The Kier molecular flexibility index (Phi) is 8.41. The third-order valence-electron chi connectivity index (χ3n) is 5.64. The molecule has 3 rings (SSSR count). The zero-order valence-corrected chi connectivity index (χ0v) is 17.8. The molecule has 2 aromatic rings. The quantitative estimate of drug-likeness (QED) is 0.539. The van der Waals surface area contributed by atoms with Gasteiger partial charge in [0.15, 0.2) is 0 Å². The number of rotatable bonds is 9. The predicted octanol–water partition coefficient (Wildman–Crippen LogP) is 3.07. The maximum absolute atomic E-state index is 13.1. The van der Waals surface area contributed by atoms with E-state index in [-0.39, 0.29) is 11.8 Å². The fourth-order valence-electron chi connectivity index (χ4n) is 4.06. The van der Waals surface area contributed by atoms with Crippen LogP contribution in [-0.4, -0.2) is 43.0 Å². The number of likely N-dealkylation sites (tertiary alicyclic amines) is 1. The molecule has 166 valence electrons. The molecule has 0 spiro atoms. The van der Waals surface area contributed by atoms with Gasteiger partial charge in [0.2, 0.25) is 5.91 Å². The van der Waals surface area contributed by atoms with Crippen molar-refractivity contribution < 1.29 is 14.0 Å². The Balaban J connectivity index is 1.31. The minimum atomic E-state index is -0.482. The molecule has 4 N–H and O–H groups in total. The maximum Gasteiger partial charge on any atom is 0.315 e. The van der Waals surface area contributed by atoms with Gasteiger partial charge in [0, 0.05) is 25.2 Å². The van der Waals surface area contributed by atoms with Crippen LogP contribution < -0.4 is 16.4 Å². The maximum atomic E-state index is 13.1. The molecule has 0 saturated carbocycles. The number of amides is 3. The number of primary amides is 1. The SMILES string of the molecule is NC(=O)c1cccc(CNC(=O)NCCCN2CCCC(Cc3ccc(F)cc3)C2)c1. The topological polar surface area (TPSA) is 87.5 Å². The Morgan fingerprint density at radius 3 is 2.68 bits per heavy atom. The number of halogens is 1. The van der Waals surface area contributed by atoms with Crippen LogP contribution in [0.1, 0.15) is 40.7 Å². The van der Waals surface area contributed by atoms with E-state index in [0.29, 0.717) is 24.6 Å². The first-order valence-electron chi connectivity index (χ1n) is 10.9. The van der Waals surface area contributed by atoms with E-state index in [4.69, 9.17) is 5.73 Å². The van der Waals surface area contributed by atoms with Crippen LogP contribution in [0.2, 0.25) is 0 Å². The van der Waals surface area contributed by atoms with E-state index in [0.717, 1.165) is 38.0 Å². The molecule has 1 aliphatic heterocycles. The fraction of sp³-hybridized carbons (Fsp3) is 0.417. The van der Waals surface area contributed by atoms with Crippen LogP contribution in [-0.2, 0) is 13.0 Å². The van der Waals surface area contributed by atoms with Gasteiger partial charge in [-0.3, -0.25) is 4.79 Å². The van der Waals surface area contributed by atoms with Crippen molar-refractivity contribution in [2.75, 3.05) is 26.2 Å². The molecule has 1 atom stereocenters. The lowest BCUT2D eigenvalue weighted by atomic mass is 9.91. The lowest BCUT2D eigenvalue weighted by molar-refractivity contribution is 0.1000. The first kappa shape index (κ1) is 22.7. The highest BCUT2D eigenvalue weighted by atomic mass is 19.1. The number of hydrogen-bond acceptors (Lipinski definition) is 3. The summed E-state index contributed by atoms with van der Waals surface area (Å²) in [5, 5.41) is 5.68. The summed E-state index contributed by atoms with van der Waals surface area (Å²) in [7, 11) is 0. The van der Waals surface area contributed by atoms with Crippen LogP contribution in [0.4, 0.5) is 9.18 Å². The molecule has 1 aliphatic rings. The lowest BCUT2D eigenvalue weighted by Gasteiger charge is -2.32. The number of piperidine rings is 1. The summed E-state index contributed by atoms with van der Waals surface area (Å²) in [5.74, 6) is -0.0831. The summed E-state index contributed by atoms with van der Waals surface area (Å²) < 4.78 is 13.1. The molecule has 1 unspecified atom stereocenters. The summed E-state index contributed by atoms with van der Waals surface area (Å²) in [6.45, 7) is 4.01. The van der Waals surface area contributed by atoms with Crippen molar-refractivity contribution in [1.29, 1.82) is 0 Å². The van der Waals surface area contributed by atoms with Gasteiger partial charge in [-0.15, -0.1) is 0 Å². The summed E-state index contributed by atoms with van der Waals surface area (Å²) >= 11 is 0. The Morgan fingerprint density at radius 2 is 1.90 bits per heavy atom. The van der Waals surface area contributed by atoms with Gasteiger partial charge in [0.1, 0.15) is 5.82 Å². The lowest BCUT2D eigenvalue weighted by Crippen LogP contribution is -2.39. The average molecular weight is 427 g/mol. The molecule has 2 aromatic carbocycles. The molecule has 31 heavy (non-hydrogen) atoms. The summed E-state index contributed by atoms with van der Waals surface area (Å²) in [6.07, 6.45) is 4.23. The highest BCUT2D eigenvalue weighted by Gasteiger charge is 2.19. The van der Waals surface area contributed by atoms with Crippen molar-refractivity contribution in [1.82, 2.24) is 15.5 Å². The minimum Gasteiger partial charge on any atom is -0.366 e. The highest BCUT2D eigenvalue weighted by Crippen LogP contribution is 2.21. The van der Waals surface area contributed by atoms with E-state index >= 15 is 0 Å². The van der Waals surface area contributed by atoms with E-state index in [1.54, 1.807) is 18.2 Å². The monoisotopic (exact) mass is 426 g/mol. The van der Waals surface area contributed by atoms with Crippen LogP contribution >= 0.6 is 0 Å². The second kappa shape index (κ2) is 11.5. The minimum absolute atomic E-state index is 0.190. The first-order chi connectivity index (χ1) is 15.0. The van der Waals surface area contributed by atoms with E-state index in [1.807, 2.05) is 18.2 Å². The van der Waals surface area contributed by atoms with E-state index < -0.39 is 5.91 Å². The zero-order valence-electron chi connectivity index (χ0n) is 17.8. The van der Waals surface area contributed by atoms with Crippen molar-refractivity contribution in [2.24, 2.45) is 11.7 Å². The summed E-state index contributed by atoms with van der Waals surface area (Å²) in [6, 6.07) is 13.5. The standard InChI is InChI=1S/C24H31FN4O2/c25-22-9-7-18(8-10-22)14-20-5-2-12-29(17-20)13-3-11-27-24(31)28-16-19-4-1-6-21(15-19)23(26)30/h1,4,6-10,15,20H,2-3,5,11-14,16-17H2,(H2,26,30)(H2,27,28,31). The molecule has 7 heteroatoms. The first-order valence-corrected chi connectivity index (χ1v) is 10.9. The van der Waals surface area contributed by atoms with Gasteiger partial charge in [-0.25, -0.2) is 9.18 Å². The molecule has 1 heterocycles. The van der Waals surface area contributed by atoms with Gasteiger partial charge < -0.3 is 21.3 Å². The van der Waals surface area contributed by atoms with Crippen molar-refractivity contribution in [3.8, 4) is 0 Å². The Hall–Kier alpha value is -2.93. The summed E-state index contributed by atoms with van der Waals surface area (Å²) in [5.41, 5.74) is 7.72. The molecule has 0 aromatic heterocycles. The number of nitrogens with one attached hydrogen (secondary N) is 2. The normalized spacial score (nSPS) is 16.6. The van der Waals surface area contributed by atoms with Gasteiger partial charge in [0.25, 0.3) is 0 Å². The third-order valence-corrected chi connectivity index (χ3v) is 5.64. The molecule has 1 saturated heterocycles. The third kappa shape index (κ3) is 7.68. The van der Waals surface area contributed by atoms with Crippen molar-refractivity contribution in [2.45, 2.75) is 32.2 Å². The predicted molar refractivity (Wildman–Crippen MR) is 119 cm³/mol. The second-order valence-electron chi connectivity index (χ2n) is 8.17. The van der Waals surface area contributed by atoms with E-state index in [9.17, 15) is 14.0 Å². The van der Waals surface area contributed by atoms with Crippen LogP contribution in [0, 0.1) is 11.7 Å². The van der Waals surface area contributed by atoms with Gasteiger partial charge in [0.05, 0.1) is 0 Å². The zero-order chi connectivity index (χ0) is 22.1. The molecular formula is C24H31FN4O2. The molecule has 1 fully saturated rings. The number of carbonyl (C=O) groups excluding carboxylic acids is 2. The number of nitrogens with zero attached hydrogens (tertiary/aromatic N) is 1. The Morgan fingerprint density at radius 1 is 1.10 bits per heavy atom. The smallest absolute Gasteiger partial charge is 0.315 e. The largest absolute Gasteiger partial charge is 0.366 e. The van der Waals surface area contributed by atoms with Crippen molar-refractivity contribution >= 4 is 11.9 Å².